The standard InChI is InChI=1S/C15H11ClFNO3/c16-11-5-1-10(2-6-11)14(20)18-15(21)13(19)9-3-7-12(17)8-4-9/h1-8,15,21H,(H,18,20)/t15-/m1/s1. The van der Waals surface area contributed by atoms with E-state index in [2.05, 4.69) is 5.32 Å². The molecule has 2 rings (SSSR count). The van der Waals surface area contributed by atoms with E-state index in [-0.39, 0.29) is 11.1 Å². The molecule has 0 heterocycles. The zero-order valence-corrected chi connectivity index (χ0v) is 11.5. The van der Waals surface area contributed by atoms with Crippen molar-refractivity contribution in [1.82, 2.24) is 5.32 Å². The Hall–Kier alpha value is -2.24. The molecule has 2 aromatic carbocycles. The Labute approximate surface area is 125 Å². The summed E-state index contributed by atoms with van der Waals surface area (Å²) in [4.78, 5) is 23.7. The van der Waals surface area contributed by atoms with Crippen molar-refractivity contribution in [3.63, 3.8) is 0 Å². The first-order valence-corrected chi connectivity index (χ1v) is 6.39. The lowest BCUT2D eigenvalue weighted by Crippen LogP contribution is -2.40. The number of halogens is 2. The molecule has 1 amide bonds. The third-order valence-electron chi connectivity index (χ3n) is 2.75. The topological polar surface area (TPSA) is 66.4 Å². The Morgan fingerprint density at radius 1 is 1.00 bits per heavy atom. The van der Waals surface area contributed by atoms with Crippen molar-refractivity contribution in [2.75, 3.05) is 0 Å². The molecule has 0 bridgehead atoms. The van der Waals surface area contributed by atoms with Crippen molar-refractivity contribution >= 4 is 23.3 Å². The van der Waals surface area contributed by atoms with E-state index in [1.807, 2.05) is 0 Å². The molecule has 0 unspecified atom stereocenters. The maximum atomic E-state index is 12.8. The van der Waals surface area contributed by atoms with Gasteiger partial charge in [-0.15, -0.1) is 0 Å². The van der Waals surface area contributed by atoms with E-state index in [4.69, 9.17) is 11.6 Å². The molecule has 0 fully saturated rings. The first-order chi connectivity index (χ1) is 9.97. The zero-order chi connectivity index (χ0) is 15.4. The minimum Gasteiger partial charge on any atom is -0.367 e. The van der Waals surface area contributed by atoms with Crippen LogP contribution in [0.5, 0.6) is 0 Å². The summed E-state index contributed by atoms with van der Waals surface area (Å²) >= 11 is 5.70. The molecule has 0 aliphatic carbocycles. The maximum absolute atomic E-state index is 12.8. The Balaban J connectivity index is 2.05. The van der Waals surface area contributed by atoms with Gasteiger partial charge >= 0.3 is 0 Å². The number of benzene rings is 2. The van der Waals surface area contributed by atoms with Gasteiger partial charge in [0.15, 0.2) is 6.23 Å². The van der Waals surface area contributed by atoms with Crippen molar-refractivity contribution in [2.45, 2.75) is 6.23 Å². The number of amides is 1. The molecule has 0 radical (unpaired) electrons. The minimum absolute atomic E-state index is 0.0975. The highest BCUT2D eigenvalue weighted by Gasteiger charge is 2.20. The van der Waals surface area contributed by atoms with Gasteiger partial charge in [-0.05, 0) is 48.5 Å². The van der Waals surface area contributed by atoms with Crippen LogP contribution in [-0.2, 0) is 0 Å². The van der Waals surface area contributed by atoms with Gasteiger partial charge in [0, 0.05) is 16.1 Å². The molecule has 2 N–H and O–H groups in total. The highest BCUT2D eigenvalue weighted by Crippen LogP contribution is 2.10. The first-order valence-electron chi connectivity index (χ1n) is 6.01. The minimum atomic E-state index is -1.71. The third kappa shape index (κ3) is 3.87. The second-order valence-corrected chi connectivity index (χ2v) is 4.69. The summed E-state index contributed by atoms with van der Waals surface area (Å²) in [7, 11) is 0. The van der Waals surface area contributed by atoms with E-state index in [1.54, 1.807) is 0 Å². The average Bonchev–Trinajstić information content (AvgIpc) is 2.47. The van der Waals surface area contributed by atoms with Gasteiger partial charge in [-0.2, -0.15) is 0 Å². The van der Waals surface area contributed by atoms with Gasteiger partial charge in [0.05, 0.1) is 0 Å². The monoisotopic (exact) mass is 307 g/mol. The maximum Gasteiger partial charge on any atom is 0.253 e. The van der Waals surface area contributed by atoms with Crippen LogP contribution in [0.2, 0.25) is 5.02 Å². The van der Waals surface area contributed by atoms with Crippen LogP contribution in [0.25, 0.3) is 0 Å². The lowest BCUT2D eigenvalue weighted by Gasteiger charge is -2.12. The normalized spacial score (nSPS) is 11.8. The molecular formula is C15H11ClFNO3. The van der Waals surface area contributed by atoms with E-state index < -0.39 is 23.7 Å². The Morgan fingerprint density at radius 3 is 2.10 bits per heavy atom. The molecule has 0 aromatic heterocycles. The third-order valence-corrected chi connectivity index (χ3v) is 3.00. The fourth-order valence-electron chi connectivity index (χ4n) is 1.65. The number of carbonyl (C=O) groups excluding carboxylic acids is 2. The predicted octanol–water partition coefficient (Wildman–Crippen LogP) is 2.41. The number of carbonyl (C=O) groups is 2. The van der Waals surface area contributed by atoms with Gasteiger partial charge in [0.2, 0.25) is 5.78 Å². The van der Waals surface area contributed by atoms with E-state index >= 15 is 0 Å². The number of aliphatic hydroxyl groups is 1. The SMILES string of the molecule is O=C(N[C@H](O)C(=O)c1ccc(F)cc1)c1ccc(Cl)cc1. The molecule has 0 aliphatic rings. The fraction of sp³-hybridized carbons (Fsp3) is 0.0667. The second-order valence-electron chi connectivity index (χ2n) is 4.25. The molecule has 6 heteroatoms. The smallest absolute Gasteiger partial charge is 0.253 e. The number of hydrogen-bond acceptors (Lipinski definition) is 3. The number of ketones is 1. The molecule has 0 aliphatic heterocycles. The number of nitrogens with one attached hydrogen (secondary N) is 1. The molecular weight excluding hydrogens is 297 g/mol. The summed E-state index contributed by atoms with van der Waals surface area (Å²) in [5.74, 6) is -1.84. The summed E-state index contributed by atoms with van der Waals surface area (Å²) in [6.45, 7) is 0. The Bertz CT molecular complexity index is 656. The van der Waals surface area contributed by atoms with Gasteiger partial charge in [-0.3, -0.25) is 9.59 Å². The second kappa shape index (κ2) is 6.47. The van der Waals surface area contributed by atoms with Crippen LogP contribution in [0.15, 0.2) is 48.5 Å². The van der Waals surface area contributed by atoms with Crippen LogP contribution < -0.4 is 5.32 Å². The van der Waals surface area contributed by atoms with Crippen LogP contribution in [0, 0.1) is 5.82 Å². The van der Waals surface area contributed by atoms with E-state index in [0.717, 1.165) is 12.1 Å². The van der Waals surface area contributed by atoms with Crippen molar-refractivity contribution < 1.29 is 19.1 Å². The summed E-state index contributed by atoms with van der Waals surface area (Å²) in [6, 6.07) is 10.6. The fourth-order valence-corrected chi connectivity index (χ4v) is 1.77. The molecule has 0 spiro atoms. The van der Waals surface area contributed by atoms with Gasteiger partial charge in [0.25, 0.3) is 5.91 Å². The van der Waals surface area contributed by atoms with Gasteiger partial charge in [-0.25, -0.2) is 4.39 Å². The highest BCUT2D eigenvalue weighted by molar-refractivity contribution is 6.30. The molecule has 1 atom stereocenters. The van der Waals surface area contributed by atoms with Gasteiger partial charge in [0.1, 0.15) is 5.82 Å². The number of hydrogen-bond donors (Lipinski definition) is 2. The van der Waals surface area contributed by atoms with Crippen molar-refractivity contribution in [1.29, 1.82) is 0 Å². The summed E-state index contributed by atoms with van der Waals surface area (Å²) in [5.41, 5.74) is 0.352. The van der Waals surface area contributed by atoms with Gasteiger partial charge < -0.3 is 10.4 Å². The zero-order valence-electron chi connectivity index (χ0n) is 10.7. The lowest BCUT2D eigenvalue weighted by molar-refractivity contribution is 0.0607. The van der Waals surface area contributed by atoms with Crippen molar-refractivity contribution in [2.24, 2.45) is 0 Å². The lowest BCUT2D eigenvalue weighted by atomic mass is 10.1. The Morgan fingerprint density at radius 2 is 1.52 bits per heavy atom. The average molecular weight is 308 g/mol. The molecule has 2 aromatic rings. The molecule has 4 nitrogen and oxygen atoms in total. The van der Waals surface area contributed by atoms with E-state index in [1.165, 1.54) is 36.4 Å². The highest BCUT2D eigenvalue weighted by atomic mass is 35.5. The number of rotatable bonds is 4. The summed E-state index contributed by atoms with van der Waals surface area (Å²) in [5, 5.41) is 12.4. The van der Waals surface area contributed by atoms with Crippen LogP contribution in [0.4, 0.5) is 4.39 Å². The summed E-state index contributed by atoms with van der Waals surface area (Å²) < 4.78 is 12.8. The molecule has 21 heavy (non-hydrogen) atoms. The van der Waals surface area contributed by atoms with Crippen LogP contribution in [0.3, 0.4) is 0 Å². The molecule has 0 saturated carbocycles. The number of aliphatic hydroxyl groups excluding tert-OH is 1. The predicted molar refractivity (Wildman–Crippen MR) is 75.7 cm³/mol. The van der Waals surface area contributed by atoms with Crippen LogP contribution >= 0.6 is 11.6 Å². The van der Waals surface area contributed by atoms with Crippen LogP contribution in [0.1, 0.15) is 20.7 Å². The van der Waals surface area contributed by atoms with Crippen LogP contribution in [-0.4, -0.2) is 23.0 Å². The van der Waals surface area contributed by atoms with Gasteiger partial charge in [-0.1, -0.05) is 11.6 Å². The van der Waals surface area contributed by atoms with E-state index in [9.17, 15) is 19.1 Å². The largest absolute Gasteiger partial charge is 0.367 e. The quantitative estimate of drug-likeness (QED) is 0.673. The molecule has 0 saturated heterocycles. The first kappa shape index (κ1) is 15.2. The van der Waals surface area contributed by atoms with E-state index in [0.29, 0.717) is 5.02 Å². The molecule has 108 valence electrons. The Kier molecular flexibility index (Phi) is 4.67. The van der Waals surface area contributed by atoms with Crippen molar-refractivity contribution in [3.05, 3.63) is 70.5 Å². The van der Waals surface area contributed by atoms with Crippen molar-refractivity contribution in [3.8, 4) is 0 Å². The number of Topliss-reactive ketones (excluding diaryl/α,β-unsaturated/α-hetero) is 1. The summed E-state index contributed by atoms with van der Waals surface area (Å²) in [6.07, 6.45) is -1.71.